The number of aromatic nitrogens is 2. The smallest absolute Gasteiger partial charge is 0.181 e. The van der Waals surface area contributed by atoms with Gasteiger partial charge < -0.3 is 0 Å². The molecule has 2 rings (SSSR count). The summed E-state index contributed by atoms with van der Waals surface area (Å²) in [5.74, 6) is 0. The minimum Gasteiger partial charge on any atom is -0.202 e. The predicted molar refractivity (Wildman–Crippen MR) is 105 cm³/mol. The molecule has 0 aromatic carbocycles. The first-order valence-corrected chi connectivity index (χ1v) is 9.50. The van der Waals surface area contributed by atoms with Gasteiger partial charge in [0.15, 0.2) is 22.8 Å². The minimum absolute atomic E-state index is 1.16. The molecule has 0 aliphatic heterocycles. The third-order valence-electron chi connectivity index (χ3n) is 6.85. The second-order valence-electron chi connectivity index (χ2n) is 7.77. The van der Waals surface area contributed by atoms with Crippen molar-refractivity contribution in [3.63, 3.8) is 0 Å². The molecule has 2 aromatic rings. The molecule has 0 spiro atoms. The topological polar surface area (TPSA) is 7.76 Å². The van der Waals surface area contributed by atoms with Crippen LogP contribution in [-0.2, 0) is 26.9 Å². The molecule has 0 saturated heterocycles. The molecule has 0 atom stereocenters. The maximum absolute atomic E-state index is 2.33. The fraction of sp³-hybridized carbons (Fsp3) is 0.565. The maximum atomic E-state index is 2.33. The van der Waals surface area contributed by atoms with Crippen LogP contribution in [0.4, 0.5) is 0 Å². The number of hydrogen-bond donors (Lipinski definition) is 0. The highest BCUT2D eigenvalue weighted by molar-refractivity contribution is 5.37. The summed E-state index contributed by atoms with van der Waals surface area (Å²) in [6.07, 6.45) is 3.54. The lowest BCUT2D eigenvalue weighted by atomic mass is 9.91. The fourth-order valence-corrected chi connectivity index (χ4v) is 4.14. The van der Waals surface area contributed by atoms with Gasteiger partial charge in [-0.05, 0) is 58.1 Å². The van der Waals surface area contributed by atoms with Crippen LogP contribution in [0.15, 0.2) is 0 Å². The molecular formula is C23H36N2+2. The first-order chi connectivity index (χ1) is 11.6. The van der Waals surface area contributed by atoms with Crippen LogP contribution in [0, 0.1) is 55.4 Å². The van der Waals surface area contributed by atoms with Crippen LogP contribution < -0.4 is 9.13 Å². The Bertz CT molecular complexity index is 701. The lowest BCUT2D eigenvalue weighted by molar-refractivity contribution is -0.684. The summed E-state index contributed by atoms with van der Waals surface area (Å²) in [7, 11) is 4.35. The molecule has 0 fully saturated rings. The van der Waals surface area contributed by atoms with Crippen molar-refractivity contribution >= 4 is 0 Å². The highest BCUT2D eigenvalue weighted by Crippen LogP contribution is 2.23. The summed E-state index contributed by atoms with van der Waals surface area (Å²) in [6.45, 7) is 18.1. The Morgan fingerprint density at radius 1 is 0.480 bits per heavy atom. The molecule has 0 bridgehead atoms. The zero-order valence-electron chi connectivity index (χ0n) is 18.0. The van der Waals surface area contributed by atoms with Gasteiger partial charge in [0.05, 0.1) is 0 Å². The molecule has 2 heteroatoms. The largest absolute Gasteiger partial charge is 0.202 e. The molecule has 0 N–H and O–H groups in total. The lowest BCUT2D eigenvalue weighted by Gasteiger charge is -2.16. The van der Waals surface area contributed by atoms with Gasteiger partial charge in [0, 0.05) is 49.9 Å². The van der Waals surface area contributed by atoms with Gasteiger partial charge in [-0.3, -0.25) is 0 Å². The third kappa shape index (κ3) is 3.36. The van der Waals surface area contributed by atoms with Crippen LogP contribution in [0.5, 0.6) is 0 Å². The normalized spacial score (nSPS) is 11.3. The number of nitrogens with zero attached hydrogens (tertiary/aromatic N) is 2. The fourth-order valence-electron chi connectivity index (χ4n) is 4.14. The van der Waals surface area contributed by atoms with Crippen LogP contribution in [0.3, 0.4) is 0 Å². The number of pyridine rings is 2. The second kappa shape index (κ2) is 7.27. The van der Waals surface area contributed by atoms with Crippen LogP contribution in [0.2, 0.25) is 0 Å². The van der Waals surface area contributed by atoms with E-state index in [1.165, 1.54) is 51.5 Å². The van der Waals surface area contributed by atoms with Crippen molar-refractivity contribution in [2.24, 2.45) is 14.1 Å². The van der Waals surface area contributed by atoms with E-state index in [0.717, 1.165) is 12.8 Å². The molecule has 0 radical (unpaired) electrons. The Kier molecular flexibility index (Phi) is 5.71. The lowest BCUT2D eigenvalue weighted by Crippen LogP contribution is -2.38. The van der Waals surface area contributed by atoms with E-state index in [4.69, 9.17) is 0 Å². The molecule has 2 aromatic heterocycles. The Morgan fingerprint density at radius 3 is 0.960 bits per heavy atom. The average molecular weight is 341 g/mol. The maximum Gasteiger partial charge on any atom is 0.181 e. The van der Waals surface area contributed by atoms with E-state index < -0.39 is 0 Å². The van der Waals surface area contributed by atoms with Crippen molar-refractivity contribution in [1.29, 1.82) is 0 Å². The molecule has 0 aliphatic carbocycles. The zero-order valence-corrected chi connectivity index (χ0v) is 18.0. The highest BCUT2D eigenvalue weighted by atomic mass is 14.9. The molecule has 2 heterocycles. The molecular weight excluding hydrogens is 304 g/mol. The number of hydrogen-bond acceptors (Lipinski definition) is 0. The standard InChI is InChI=1S/C23H36N2/c1-14-18(5)24(9)19(6)15(2)22(14)12-11-13-23-16(3)20(7)25(10)21(8)17(23)4/h11-13H2,1-10H3/q+2. The van der Waals surface area contributed by atoms with Crippen molar-refractivity contribution in [2.45, 2.75) is 74.7 Å². The monoisotopic (exact) mass is 340 g/mol. The van der Waals surface area contributed by atoms with Crippen LogP contribution in [0.25, 0.3) is 0 Å². The SMILES string of the molecule is Cc1c(CCCc2c(C)c(C)[n+](C)c(C)c2C)c(C)c(C)[n+](C)c1C. The Hall–Kier alpha value is -1.70. The molecule has 136 valence electrons. The van der Waals surface area contributed by atoms with Crippen molar-refractivity contribution in [3.05, 3.63) is 56.2 Å². The molecule has 0 unspecified atom stereocenters. The van der Waals surface area contributed by atoms with Gasteiger partial charge in [0.1, 0.15) is 14.1 Å². The van der Waals surface area contributed by atoms with Gasteiger partial charge in [-0.15, -0.1) is 0 Å². The van der Waals surface area contributed by atoms with E-state index in [9.17, 15) is 0 Å². The van der Waals surface area contributed by atoms with Crippen molar-refractivity contribution in [3.8, 4) is 0 Å². The zero-order chi connectivity index (χ0) is 19.0. The van der Waals surface area contributed by atoms with Gasteiger partial charge in [-0.25, -0.2) is 9.13 Å². The third-order valence-corrected chi connectivity index (χ3v) is 6.85. The van der Waals surface area contributed by atoms with E-state index in [-0.39, 0.29) is 0 Å². The van der Waals surface area contributed by atoms with Crippen LogP contribution >= 0.6 is 0 Å². The summed E-state index contributed by atoms with van der Waals surface area (Å²) < 4.78 is 4.65. The van der Waals surface area contributed by atoms with Gasteiger partial charge in [-0.1, -0.05) is 0 Å². The van der Waals surface area contributed by atoms with Crippen molar-refractivity contribution in [2.75, 3.05) is 0 Å². The van der Waals surface area contributed by atoms with Gasteiger partial charge in [0.25, 0.3) is 0 Å². The van der Waals surface area contributed by atoms with Gasteiger partial charge in [-0.2, -0.15) is 0 Å². The van der Waals surface area contributed by atoms with Gasteiger partial charge >= 0.3 is 0 Å². The summed E-state index contributed by atoms with van der Waals surface area (Å²) in [6, 6.07) is 0. The Morgan fingerprint density at radius 2 is 0.720 bits per heavy atom. The van der Waals surface area contributed by atoms with Gasteiger partial charge in [0.2, 0.25) is 0 Å². The van der Waals surface area contributed by atoms with Crippen molar-refractivity contribution in [1.82, 2.24) is 0 Å². The first kappa shape index (κ1) is 19.6. The quantitative estimate of drug-likeness (QED) is 0.744. The Balaban J connectivity index is 2.29. The molecule has 0 aliphatic rings. The van der Waals surface area contributed by atoms with E-state index in [1.807, 2.05) is 0 Å². The van der Waals surface area contributed by atoms with E-state index in [0.29, 0.717) is 0 Å². The summed E-state index contributed by atoms with van der Waals surface area (Å²) in [4.78, 5) is 0. The van der Waals surface area contributed by atoms with E-state index in [2.05, 4.69) is 78.6 Å². The van der Waals surface area contributed by atoms with E-state index >= 15 is 0 Å². The average Bonchev–Trinajstić information content (AvgIpc) is 2.60. The van der Waals surface area contributed by atoms with Crippen LogP contribution in [0.1, 0.15) is 62.6 Å². The predicted octanol–water partition coefficient (Wildman–Crippen LogP) is 3.98. The summed E-state index contributed by atoms with van der Waals surface area (Å²) >= 11 is 0. The molecule has 2 nitrogen and oxygen atoms in total. The highest BCUT2D eigenvalue weighted by Gasteiger charge is 2.20. The minimum atomic E-state index is 1.16. The number of rotatable bonds is 4. The summed E-state index contributed by atoms with van der Waals surface area (Å²) in [5.41, 5.74) is 14.5. The summed E-state index contributed by atoms with van der Waals surface area (Å²) in [5, 5.41) is 0. The Labute approximate surface area is 154 Å². The second-order valence-corrected chi connectivity index (χ2v) is 7.77. The van der Waals surface area contributed by atoms with E-state index in [1.54, 1.807) is 11.1 Å². The first-order valence-electron chi connectivity index (χ1n) is 9.50. The molecule has 0 amide bonds. The van der Waals surface area contributed by atoms with Crippen molar-refractivity contribution < 1.29 is 9.13 Å². The van der Waals surface area contributed by atoms with Crippen LogP contribution in [-0.4, -0.2) is 0 Å². The molecule has 25 heavy (non-hydrogen) atoms. The molecule has 0 saturated carbocycles.